The molecule has 0 aliphatic rings. The number of hydrogen-bond acceptors (Lipinski definition) is 2. The number of ether oxygens (including phenoxy) is 1. The molecule has 4 rings (SSSR count). The van der Waals surface area contributed by atoms with Gasteiger partial charge in [-0.05, 0) is 60.2 Å². The number of hydrogen-bond donors (Lipinski definition) is 0. The van der Waals surface area contributed by atoms with Gasteiger partial charge >= 0.3 is 0 Å². The number of rotatable bonds is 3. The van der Waals surface area contributed by atoms with Gasteiger partial charge in [0.2, 0.25) is 0 Å². The van der Waals surface area contributed by atoms with Crippen molar-refractivity contribution in [1.82, 2.24) is 4.98 Å². The third-order valence-corrected chi connectivity index (χ3v) is 4.56. The Labute approximate surface area is 155 Å². The summed E-state index contributed by atoms with van der Waals surface area (Å²) in [6.45, 7) is 0. The zero-order valence-corrected chi connectivity index (χ0v) is 14.8. The minimum absolute atomic E-state index is 0.277. The van der Waals surface area contributed by atoms with E-state index in [0.717, 1.165) is 33.5 Å². The summed E-state index contributed by atoms with van der Waals surface area (Å²) in [5.41, 5.74) is 3.75. The summed E-state index contributed by atoms with van der Waals surface area (Å²) in [6.07, 6.45) is 0. The highest BCUT2D eigenvalue weighted by Crippen LogP contribution is 2.35. The van der Waals surface area contributed by atoms with E-state index in [4.69, 9.17) is 21.3 Å². The molecule has 0 unspecified atom stereocenters. The fourth-order valence-corrected chi connectivity index (χ4v) is 3.18. The quantitative estimate of drug-likeness (QED) is 0.422. The Morgan fingerprint density at radius 3 is 2.38 bits per heavy atom. The number of methoxy groups -OCH3 is 1. The summed E-state index contributed by atoms with van der Waals surface area (Å²) in [6, 6.07) is 21.7. The summed E-state index contributed by atoms with van der Waals surface area (Å²) < 4.78 is 19.7. The molecule has 128 valence electrons. The zero-order chi connectivity index (χ0) is 18.1. The number of pyridine rings is 1. The molecule has 0 amide bonds. The van der Waals surface area contributed by atoms with Crippen molar-refractivity contribution >= 4 is 22.5 Å². The fourth-order valence-electron chi connectivity index (χ4n) is 3.01. The summed E-state index contributed by atoms with van der Waals surface area (Å²) in [5.74, 6) is 0.497. The number of nitrogens with zero attached hydrogens (tertiary/aromatic N) is 1. The van der Waals surface area contributed by atoms with Crippen LogP contribution < -0.4 is 4.74 Å². The summed E-state index contributed by atoms with van der Waals surface area (Å²) in [7, 11) is 1.63. The third kappa shape index (κ3) is 3.02. The van der Waals surface area contributed by atoms with E-state index in [9.17, 15) is 4.39 Å². The van der Waals surface area contributed by atoms with Crippen LogP contribution in [0.3, 0.4) is 0 Å². The molecule has 0 radical (unpaired) electrons. The monoisotopic (exact) mass is 363 g/mol. The van der Waals surface area contributed by atoms with Crippen LogP contribution in [0.5, 0.6) is 5.75 Å². The molecule has 0 bridgehead atoms. The normalized spacial score (nSPS) is 10.9. The van der Waals surface area contributed by atoms with Crippen molar-refractivity contribution in [1.29, 1.82) is 0 Å². The first-order valence-electron chi connectivity index (χ1n) is 8.15. The van der Waals surface area contributed by atoms with Crippen molar-refractivity contribution in [3.05, 3.63) is 83.6 Å². The van der Waals surface area contributed by atoms with Gasteiger partial charge in [0.05, 0.1) is 18.3 Å². The molecular weight excluding hydrogens is 349 g/mol. The summed E-state index contributed by atoms with van der Waals surface area (Å²) in [4.78, 5) is 4.74. The molecule has 2 nitrogen and oxygen atoms in total. The van der Waals surface area contributed by atoms with Crippen molar-refractivity contribution in [2.45, 2.75) is 0 Å². The second kappa shape index (κ2) is 6.77. The van der Waals surface area contributed by atoms with Gasteiger partial charge in [0.15, 0.2) is 0 Å². The maximum Gasteiger partial charge on any atom is 0.131 e. The first-order valence-corrected chi connectivity index (χ1v) is 8.53. The molecule has 0 atom stereocenters. The zero-order valence-electron chi connectivity index (χ0n) is 14.0. The van der Waals surface area contributed by atoms with Crippen LogP contribution >= 0.6 is 11.6 Å². The van der Waals surface area contributed by atoms with E-state index < -0.39 is 0 Å². The Hall–Kier alpha value is -2.91. The molecule has 3 aromatic carbocycles. The summed E-state index contributed by atoms with van der Waals surface area (Å²) >= 11 is 6.17. The smallest absolute Gasteiger partial charge is 0.131 e. The third-order valence-electron chi connectivity index (χ3n) is 4.32. The topological polar surface area (TPSA) is 22.1 Å². The first-order chi connectivity index (χ1) is 12.7. The number of halogens is 2. The van der Waals surface area contributed by atoms with Crippen LogP contribution in [0.1, 0.15) is 0 Å². The summed E-state index contributed by atoms with van der Waals surface area (Å²) in [5, 5.41) is 1.41. The van der Waals surface area contributed by atoms with Crippen molar-refractivity contribution < 1.29 is 9.13 Å². The van der Waals surface area contributed by atoms with Gasteiger partial charge in [-0.3, -0.25) is 0 Å². The van der Waals surface area contributed by atoms with Crippen LogP contribution in [0.4, 0.5) is 4.39 Å². The van der Waals surface area contributed by atoms with Crippen LogP contribution in [0.15, 0.2) is 72.8 Å². The second-order valence-corrected chi connectivity index (χ2v) is 6.36. The van der Waals surface area contributed by atoms with E-state index in [1.165, 1.54) is 6.07 Å². The van der Waals surface area contributed by atoms with Crippen LogP contribution in [-0.2, 0) is 0 Å². The van der Waals surface area contributed by atoms with Gasteiger partial charge in [0.25, 0.3) is 0 Å². The minimum atomic E-state index is -0.277. The Balaban J connectivity index is 1.98. The van der Waals surface area contributed by atoms with E-state index in [-0.39, 0.29) is 5.82 Å². The first kappa shape index (κ1) is 16.6. The minimum Gasteiger partial charge on any atom is -0.497 e. The van der Waals surface area contributed by atoms with Gasteiger partial charge in [-0.1, -0.05) is 29.8 Å². The second-order valence-electron chi connectivity index (χ2n) is 5.92. The Bertz CT molecular complexity index is 1090. The Kier molecular flexibility index (Phi) is 4.31. The van der Waals surface area contributed by atoms with Crippen LogP contribution in [0.2, 0.25) is 5.02 Å². The number of benzene rings is 3. The highest BCUT2D eigenvalue weighted by molar-refractivity contribution is 6.31. The molecule has 1 heterocycles. The molecule has 4 heteroatoms. The lowest BCUT2D eigenvalue weighted by Crippen LogP contribution is -1.92. The molecule has 0 aliphatic carbocycles. The van der Waals surface area contributed by atoms with Crippen LogP contribution in [0.25, 0.3) is 33.3 Å². The van der Waals surface area contributed by atoms with E-state index >= 15 is 0 Å². The molecule has 0 saturated heterocycles. The largest absolute Gasteiger partial charge is 0.497 e. The lowest BCUT2D eigenvalue weighted by molar-refractivity contribution is 0.415. The van der Waals surface area contributed by atoms with Crippen LogP contribution in [-0.4, -0.2) is 12.1 Å². The average molecular weight is 364 g/mol. The standard InChI is InChI=1S/C22H15ClFNO/c1-26-16-9-6-14(7-10-16)22-13-18(17-4-2-3-5-20(17)24)19-12-15(23)8-11-21(19)25-22/h2-13H,1H3. The SMILES string of the molecule is COc1ccc(-c2cc(-c3ccccc3F)c3cc(Cl)ccc3n2)cc1. The maximum absolute atomic E-state index is 14.5. The average Bonchev–Trinajstić information content (AvgIpc) is 2.68. The van der Waals surface area contributed by atoms with Gasteiger partial charge in [0, 0.05) is 21.5 Å². The van der Waals surface area contributed by atoms with Gasteiger partial charge in [-0.25, -0.2) is 9.37 Å². The van der Waals surface area contributed by atoms with E-state index in [2.05, 4.69) is 0 Å². The molecular formula is C22H15ClFNO. The van der Waals surface area contributed by atoms with E-state index in [1.54, 1.807) is 25.3 Å². The number of aromatic nitrogens is 1. The van der Waals surface area contributed by atoms with Gasteiger partial charge in [-0.15, -0.1) is 0 Å². The predicted octanol–water partition coefficient (Wildman–Crippen LogP) is 6.37. The maximum atomic E-state index is 14.5. The van der Waals surface area contributed by atoms with Crippen molar-refractivity contribution in [3.63, 3.8) is 0 Å². The van der Waals surface area contributed by atoms with Gasteiger partial charge in [0.1, 0.15) is 11.6 Å². The lowest BCUT2D eigenvalue weighted by Gasteiger charge is -2.12. The molecule has 0 spiro atoms. The molecule has 26 heavy (non-hydrogen) atoms. The number of fused-ring (bicyclic) bond motifs is 1. The molecule has 4 aromatic rings. The highest BCUT2D eigenvalue weighted by Gasteiger charge is 2.13. The van der Waals surface area contributed by atoms with Crippen molar-refractivity contribution in [2.24, 2.45) is 0 Å². The Morgan fingerprint density at radius 1 is 0.885 bits per heavy atom. The highest BCUT2D eigenvalue weighted by atomic mass is 35.5. The van der Waals surface area contributed by atoms with Crippen molar-refractivity contribution in [2.75, 3.05) is 7.11 Å². The predicted molar refractivity (Wildman–Crippen MR) is 104 cm³/mol. The van der Waals surface area contributed by atoms with Crippen molar-refractivity contribution in [3.8, 4) is 28.1 Å². The molecule has 0 N–H and O–H groups in total. The van der Waals surface area contributed by atoms with E-state index in [0.29, 0.717) is 10.6 Å². The molecule has 0 fully saturated rings. The molecule has 0 aliphatic heterocycles. The van der Waals surface area contributed by atoms with E-state index in [1.807, 2.05) is 48.5 Å². The van der Waals surface area contributed by atoms with Gasteiger partial charge < -0.3 is 4.74 Å². The van der Waals surface area contributed by atoms with Crippen LogP contribution in [0, 0.1) is 5.82 Å². The van der Waals surface area contributed by atoms with Gasteiger partial charge in [-0.2, -0.15) is 0 Å². The molecule has 1 aromatic heterocycles. The molecule has 0 saturated carbocycles. The fraction of sp³-hybridized carbons (Fsp3) is 0.0455. The lowest BCUT2D eigenvalue weighted by atomic mass is 9.98. The Morgan fingerprint density at radius 2 is 1.65 bits per heavy atom.